The van der Waals surface area contributed by atoms with Crippen molar-refractivity contribution < 1.29 is 23.2 Å². The lowest BCUT2D eigenvalue weighted by Crippen LogP contribution is -2.53. The number of hydrogen-bond donors (Lipinski definition) is 2. The Morgan fingerprint density at radius 3 is 2.21 bits per heavy atom. The Kier molecular flexibility index (Phi) is 10.0. The highest BCUT2D eigenvalue weighted by atomic mass is 32.2. The van der Waals surface area contributed by atoms with Gasteiger partial charge in [0, 0.05) is 30.6 Å². The number of aliphatic hydroxyl groups is 1. The maximum Gasteiger partial charge on any atom is 0.269 e. The van der Waals surface area contributed by atoms with E-state index in [0.717, 1.165) is 43.4 Å². The number of aliphatic hydroxyl groups excluding tert-OH is 1. The number of nitro groups is 1. The Bertz CT molecular complexity index is 1180. The Morgan fingerprint density at radius 1 is 1.08 bits per heavy atom. The first-order chi connectivity index (χ1) is 18.0. The lowest BCUT2D eigenvalue weighted by molar-refractivity contribution is -0.384. The summed E-state index contributed by atoms with van der Waals surface area (Å²) in [6.45, 7) is 5.67. The van der Waals surface area contributed by atoms with Gasteiger partial charge in [0.2, 0.25) is 15.9 Å². The van der Waals surface area contributed by atoms with E-state index in [1.54, 1.807) is 0 Å². The van der Waals surface area contributed by atoms with Crippen molar-refractivity contribution in [1.29, 1.82) is 0 Å². The van der Waals surface area contributed by atoms with Gasteiger partial charge in [0.05, 0.1) is 22.0 Å². The molecule has 2 N–H and O–H groups in total. The van der Waals surface area contributed by atoms with Gasteiger partial charge in [-0.25, -0.2) is 8.42 Å². The predicted octanol–water partition coefficient (Wildman–Crippen LogP) is 4.30. The molecule has 0 radical (unpaired) electrons. The highest BCUT2D eigenvalue weighted by molar-refractivity contribution is 7.89. The fourth-order valence-electron chi connectivity index (χ4n) is 5.17. The normalized spacial score (nSPS) is 16.9. The van der Waals surface area contributed by atoms with Gasteiger partial charge < -0.3 is 10.4 Å². The number of amides is 1. The molecular formula is C28H39N3O6S. The minimum Gasteiger partial charge on any atom is -0.390 e. The van der Waals surface area contributed by atoms with Crippen LogP contribution in [0.25, 0.3) is 0 Å². The van der Waals surface area contributed by atoms with Crippen molar-refractivity contribution in [2.75, 3.05) is 13.1 Å². The molecule has 0 bridgehead atoms. The molecule has 2 aromatic carbocycles. The molecule has 0 unspecified atom stereocenters. The number of rotatable bonds is 13. The molecule has 9 nitrogen and oxygen atoms in total. The molecule has 0 spiro atoms. The van der Waals surface area contributed by atoms with Gasteiger partial charge in [-0.05, 0) is 49.3 Å². The van der Waals surface area contributed by atoms with Crippen LogP contribution in [0.4, 0.5) is 5.69 Å². The van der Waals surface area contributed by atoms with Gasteiger partial charge in [-0.3, -0.25) is 14.9 Å². The summed E-state index contributed by atoms with van der Waals surface area (Å²) in [7, 11) is -4.06. The SMILES string of the molecule is CCC1(C(=O)N[C@@H](Cc2ccccc2)[C@H](O)CN(CC(C)C)S(=O)(=O)c2ccc([N+](=O)[O-])cc2)CCCC1. The summed E-state index contributed by atoms with van der Waals surface area (Å²) in [5, 5.41) is 25.5. The summed E-state index contributed by atoms with van der Waals surface area (Å²) in [6, 6.07) is 13.5. The van der Waals surface area contributed by atoms with E-state index in [4.69, 9.17) is 0 Å². The van der Waals surface area contributed by atoms with Crippen LogP contribution in [0.5, 0.6) is 0 Å². The molecular weight excluding hydrogens is 506 g/mol. The zero-order valence-electron chi connectivity index (χ0n) is 22.4. The van der Waals surface area contributed by atoms with E-state index in [-0.39, 0.29) is 35.5 Å². The number of nitrogens with one attached hydrogen (secondary N) is 1. The van der Waals surface area contributed by atoms with Gasteiger partial charge in [-0.2, -0.15) is 4.31 Å². The van der Waals surface area contributed by atoms with E-state index >= 15 is 0 Å². The molecule has 2 atom stereocenters. The second-order valence-electron chi connectivity index (χ2n) is 10.6. The highest BCUT2D eigenvalue weighted by Gasteiger charge is 2.41. The van der Waals surface area contributed by atoms with Crippen LogP contribution >= 0.6 is 0 Å². The minimum absolute atomic E-state index is 0.0426. The summed E-state index contributed by atoms with van der Waals surface area (Å²) in [4.78, 5) is 23.8. The molecule has 1 aliphatic carbocycles. The van der Waals surface area contributed by atoms with Crippen LogP contribution in [-0.2, 0) is 21.2 Å². The first kappa shape index (κ1) is 29.7. The molecule has 208 valence electrons. The van der Waals surface area contributed by atoms with Crippen LogP contribution in [0.3, 0.4) is 0 Å². The third kappa shape index (κ3) is 7.18. The van der Waals surface area contributed by atoms with Crippen molar-refractivity contribution in [1.82, 2.24) is 9.62 Å². The van der Waals surface area contributed by atoms with Crippen LogP contribution in [0.15, 0.2) is 59.5 Å². The number of nitro benzene ring substituents is 1. The van der Waals surface area contributed by atoms with E-state index in [1.165, 1.54) is 16.4 Å². The number of hydrogen-bond acceptors (Lipinski definition) is 6. The maximum absolute atomic E-state index is 13.6. The molecule has 0 heterocycles. The molecule has 0 saturated heterocycles. The van der Waals surface area contributed by atoms with Gasteiger partial charge in [-0.15, -0.1) is 0 Å². The van der Waals surface area contributed by atoms with Crippen molar-refractivity contribution in [2.24, 2.45) is 11.3 Å². The molecule has 38 heavy (non-hydrogen) atoms. The lowest BCUT2D eigenvalue weighted by Gasteiger charge is -2.34. The van der Waals surface area contributed by atoms with Crippen LogP contribution in [0, 0.1) is 21.4 Å². The van der Waals surface area contributed by atoms with E-state index < -0.39 is 32.5 Å². The second-order valence-corrected chi connectivity index (χ2v) is 12.6. The Labute approximate surface area is 225 Å². The molecule has 2 aromatic rings. The number of carbonyl (C=O) groups is 1. The molecule has 1 saturated carbocycles. The summed E-state index contributed by atoms with van der Waals surface area (Å²) < 4.78 is 28.3. The minimum atomic E-state index is -4.06. The van der Waals surface area contributed by atoms with E-state index in [1.807, 2.05) is 51.1 Å². The van der Waals surface area contributed by atoms with Crippen LogP contribution < -0.4 is 5.32 Å². The van der Waals surface area contributed by atoms with Crippen molar-refractivity contribution >= 4 is 21.6 Å². The standard InChI is InChI=1S/C28H39N3O6S/c1-4-28(16-8-9-17-28)27(33)29-25(18-22-10-6-5-7-11-22)26(32)20-30(19-21(2)3)38(36,37)24-14-12-23(13-15-24)31(34)35/h5-7,10-15,21,25-26,32H,4,8-9,16-20H2,1-3H3,(H,29,33)/t25-,26+/m0/s1. The Morgan fingerprint density at radius 2 is 1.68 bits per heavy atom. The monoisotopic (exact) mass is 545 g/mol. The molecule has 3 rings (SSSR count). The fraction of sp³-hybridized carbons (Fsp3) is 0.536. The first-order valence-electron chi connectivity index (χ1n) is 13.3. The molecule has 0 aliphatic heterocycles. The number of carbonyl (C=O) groups excluding carboxylic acids is 1. The first-order valence-corrected chi connectivity index (χ1v) is 14.7. The maximum atomic E-state index is 13.6. The number of sulfonamides is 1. The van der Waals surface area contributed by atoms with Gasteiger partial charge in [0.25, 0.3) is 5.69 Å². The van der Waals surface area contributed by atoms with Crippen molar-refractivity contribution in [3.63, 3.8) is 0 Å². The topological polar surface area (TPSA) is 130 Å². The fourth-order valence-corrected chi connectivity index (χ4v) is 6.79. The van der Waals surface area contributed by atoms with Crippen LogP contribution in [-0.4, -0.2) is 53.9 Å². The number of non-ortho nitro benzene ring substituents is 1. The van der Waals surface area contributed by atoms with Crippen LogP contribution in [0.1, 0.15) is 58.4 Å². The Balaban J connectivity index is 1.88. The second kappa shape index (κ2) is 12.8. The van der Waals surface area contributed by atoms with Gasteiger partial charge in [0.15, 0.2) is 0 Å². The molecule has 10 heteroatoms. The average Bonchev–Trinajstić information content (AvgIpc) is 3.39. The molecule has 1 fully saturated rings. The quantitative estimate of drug-likeness (QED) is 0.285. The van der Waals surface area contributed by atoms with E-state index in [2.05, 4.69) is 5.32 Å². The number of benzene rings is 2. The summed E-state index contributed by atoms with van der Waals surface area (Å²) >= 11 is 0. The predicted molar refractivity (Wildman–Crippen MR) is 146 cm³/mol. The van der Waals surface area contributed by atoms with Gasteiger partial charge in [-0.1, -0.05) is 63.9 Å². The summed E-state index contributed by atoms with van der Waals surface area (Å²) in [6.07, 6.45) is 3.46. The van der Waals surface area contributed by atoms with E-state index in [0.29, 0.717) is 12.8 Å². The van der Waals surface area contributed by atoms with Gasteiger partial charge in [0.1, 0.15) is 0 Å². The third-order valence-electron chi connectivity index (χ3n) is 7.44. The van der Waals surface area contributed by atoms with Crippen molar-refractivity contribution in [3.8, 4) is 0 Å². The summed E-state index contributed by atoms with van der Waals surface area (Å²) in [5.41, 5.74) is 0.251. The average molecular weight is 546 g/mol. The van der Waals surface area contributed by atoms with Gasteiger partial charge >= 0.3 is 0 Å². The zero-order valence-corrected chi connectivity index (χ0v) is 23.2. The smallest absolute Gasteiger partial charge is 0.269 e. The largest absolute Gasteiger partial charge is 0.390 e. The molecule has 0 aromatic heterocycles. The lowest BCUT2D eigenvalue weighted by atomic mass is 9.82. The third-order valence-corrected chi connectivity index (χ3v) is 9.29. The number of nitrogens with zero attached hydrogens (tertiary/aromatic N) is 2. The molecule has 1 amide bonds. The van der Waals surface area contributed by atoms with Crippen LogP contribution in [0.2, 0.25) is 0 Å². The van der Waals surface area contributed by atoms with E-state index in [9.17, 15) is 28.4 Å². The zero-order chi connectivity index (χ0) is 27.9. The summed E-state index contributed by atoms with van der Waals surface area (Å²) in [5.74, 6) is -0.134. The molecule has 1 aliphatic rings. The Hall–Kier alpha value is -2.82. The van der Waals surface area contributed by atoms with Crippen molar-refractivity contribution in [3.05, 3.63) is 70.3 Å². The van der Waals surface area contributed by atoms with Crippen molar-refractivity contribution in [2.45, 2.75) is 76.3 Å². The highest BCUT2D eigenvalue weighted by Crippen LogP contribution is 2.41.